The second kappa shape index (κ2) is 6.66. The monoisotopic (exact) mass is 260 g/mol. The Morgan fingerprint density at radius 1 is 1.39 bits per heavy atom. The van der Waals surface area contributed by atoms with Crippen LogP contribution in [-0.4, -0.2) is 18.1 Å². The van der Waals surface area contributed by atoms with Crippen LogP contribution in [0.2, 0.25) is 0 Å². The molecule has 1 N–H and O–H groups in total. The number of aryl methyl sites for hydroxylation is 1. The minimum absolute atomic E-state index is 0.533. The molecule has 2 rings (SSSR count). The number of hydrogen-bond acceptors (Lipinski definition) is 3. The number of benzene rings is 1. The van der Waals surface area contributed by atoms with Crippen molar-refractivity contribution in [1.82, 2.24) is 10.3 Å². The molecule has 2 aromatic rings. The van der Waals surface area contributed by atoms with Crippen molar-refractivity contribution < 1.29 is 0 Å². The summed E-state index contributed by atoms with van der Waals surface area (Å²) in [6.45, 7) is 6.35. The molecule has 0 aliphatic heterocycles. The van der Waals surface area contributed by atoms with Gasteiger partial charge in [-0.1, -0.05) is 36.8 Å². The number of nitrogens with one attached hydrogen (secondary N) is 1. The van der Waals surface area contributed by atoms with Crippen LogP contribution in [-0.2, 0) is 6.42 Å². The van der Waals surface area contributed by atoms with E-state index in [1.54, 1.807) is 11.3 Å². The smallest absolute Gasteiger partial charge is 0.0794 e. The van der Waals surface area contributed by atoms with E-state index in [9.17, 15) is 0 Å². The number of aromatic nitrogens is 1. The maximum absolute atomic E-state index is 4.16. The van der Waals surface area contributed by atoms with Crippen molar-refractivity contribution in [3.63, 3.8) is 0 Å². The number of thiazole rings is 1. The Bertz CT molecular complexity index is 465. The average Bonchev–Trinajstić information content (AvgIpc) is 2.87. The molecule has 18 heavy (non-hydrogen) atoms. The van der Waals surface area contributed by atoms with Crippen LogP contribution in [0.3, 0.4) is 0 Å². The van der Waals surface area contributed by atoms with E-state index in [1.807, 2.05) is 11.7 Å². The number of likely N-dealkylation sites (N-methyl/N-ethyl adjacent to an activating group) is 1. The van der Waals surface area contributed by atoms with Gasteiger partial charge in [0.15, 0.2) is 0 Å². The van der Waals surface area contributed by atoms with Gasteiger partial charge in [-0.3, -0.25) is 4.98 Å². The molecule has 0 saturated carbocycles. The standard InChI is InChI=1S/C15H20N2S/c1-3-16-9-14(8-15-10-17-11-18-15)13-6-4-5-12(2)7-13/h4-7,10-11,14,16H,3,8-9H2,1-2H3. The van der Waals surface area contributed by atoms with E-state index in [2.05, 4.69) is 48.4 Å². The summed E-state index contributed by atoms with van der Waals surface area (Å²) < 4.78 is 0. The molecule has 3 heteroatoms. The first-order valence-corrected chi connectivity index (χ1v) is 7.32. The molecule has 0 bridgehead atoms. The summed E-state index contributed by atoms with van der Waals surface area (Å²) in [5.41, 5.74) is 4.67. The minimum Gasteiger partial charge on any atom is -0.316 e. The lowest BCUT2D eigenvalue weighted by atomic mass is 9.94. The topological polar surface area (TPSA) is 24.9 Å². The molecule has 0 spiro atoms. The third-order valence-electron chi connectivity index (χ3n) is 3.09. The van der Waals surface area contributed by atoms with E-state index in [1.165, 1.54) is 16.0 Å². The van der Waals surface area contributed by atoms with Crippen molar-refractivity contribution in [2.24, 2.45) is 0 Å². The van der Waals surface area contributed by atoms with Gasteiger partial charge in [0, 0.05) is 23.5 Å². The first kappa shape index (κ1) is 13.2. The van der Waals surface area contributed by atoms with Crippen molar-refractivity contribution in [2.45, 2.75) is 26.2 Å². The van der Waals surface area contributed by atoms with Crippen LogP contribution in [0.1, 0.15) is 28.8 Å². The summed E-state index contributed by atoms with van der Waals surface area (Å²) in [6.07, 6.45) is 3.06. The zero-order valence-electron chi connectivity index (χ0n) is 11.0. The molecule has 0 aliphatic carbocycles. The summed E-state index contributed by atoms with van der Waals surface area (Å²) in [5.74, 6) is 0.533. The summed E-state index contributed by atoms with van der Waals surface area (Å²) in [5, 5.41) is 3.46. The van der Waals surface area contributed by atoms with Crippen LogP contribution < -0.4 is 5.32 Å². The van der Waals surface area contributed by atoms with Crippen LogP contribution in [0, 0.1) is 6.92 Å². The Hall–Kier alpha value is -1.19. The Balaban J connectivity index is 2.13. The zero-order valence-corrected chi connectivity index (χ0v) is 11.8. The molecule has 0 radical (unpaired) electrons. The molecule has 1 aromatic heterocycles. The maximum atomic E-state index is 4.16. The lowest BCUT2D eigenvalue weighted by molar-refractivity contribution is 0.597. The second-order valence-electron chi connectivity index (χ2n) is 4.59. The second-order valence-corrected chi connectivity index (χ2v) is 5.56. The van der Waals surface area contributed by atoms with Crippen molar-refractivity contribution in [2.75, 3.05) is 13.1 Å². The quantitative estimate of drug-likeness (QED) is 0.861. The molecule has 1 unspecified atom stereocenters. The van der Waals surface area contributed by atoms with E-state index in [0.29, 0.717) is 5.92 Å². The predicted octanol–water partition coefficient (Wildman–Crippen LogP) is 3.39. The van der Waals surface area contributed by atoms with Gasteiger partial charge in [0.2, 0.25) is 0 Å². The SMILES string of the molecule is CCNCC(Cc1cncs1)c1cccc(C)c1. The Morgan fingerprint density at radius 3 is 2.94 bits per heavy atom. The first-order valence-electron chi connectivity index (χ1n) is 6.44. The molecule has 2 nitrogen and oxygen atoms in total. The lowest BCUT2D eigenvalue weighted by Crippen LogP contribution is -2.22. The molecule has 1 aromatic carbocycles. The summed E-state index contributed by atoms with van der Waals surface area (Å²) in [4.78, 5) is 5.53. The molecular formula is C15H20N2S. The maximum Gasteiger partial charge on any atom is 0.0794 e. The normalized spacial score (nSPS) is 12.6. The van der Waals surface area contributed by atoms with Crippen LogP contribution in [0.25, 0.3) is 0 Å². The van der Waals surface area contributed by atoms with Crippen LogP contribution in [0.5, 0.6) is 0 Å². The fourth-order valence-electron chi connectivity index (χ4n) is 2.14. The van der Waals surface area contributed by atoms with E-state index >= 15 is 0 Å². The first-order chi connectivity index (χ1) is 8.79. The largest absolute Gasteiger partial charge is 0.316 e. The van der Waals surface area contributed by atoms with Gasteiger partial charge >= 0.3 is 0 Å². The molecule has 1 atom stereocenters. The number of rotatable bonds is 6. The highest BCUT2D eigenvalue weighted by Crippen LogP contribution is 2.23. The Labute approximate surface area is 113 Å². The van der Waals surface area contributed by atoms with Gasteiger partial charge in [0.1, 0.15) is 0 Å². The van der Waals surface area contributed by atoms with Gasteiger partial charge in [-0.15, -0.1) is 11.3 Å². The molecule has 0 fully saturated rings. The Kier molecular flexibility index (Phi) is 4.90. The minimum atomic E-state index is 0.533. The summed E-state index contributed by atoms with van der Waals surface area (Å²) in [7, 11) is 0. The molecular weight excluding hydrogens is 240 g/mol. The molecule has 0 amide bonds. The van der Waals surface area contributed by atoms with Crippen molar-refractivity contribution in [3.8, 4) is 0 Å². The van der Waals surface area contributed by atoms with Gasteiger partial charge in [0.05, 0.1) is 5.51 Å². The highest BCUT2D eigenvalue weighted by molar-refractivity contribution is 7.09. The number of hydrogen-bond donors (Lipinski definition) is 1. The average molecular weight is 260 g/mol. The fraction of sp³-hybridized carbons (Fsp3) is 0.400. The third-order valence-corrected chi connectivity index (χ3v) is 3.89. The van der Waals surface area contributed by atoms with Crippen molar-refractivity contribution in [1.29, 1.82) is 0 Å². The Morgan fingerprint density at radius 2 is 2.28 bits per heavy atom. The van der Waals surface area contributed by atoms with Gasteiger partial charge in [-0.2, -0.15) is 0 Å². The van der Waals surface area contributed by atoms with E-state index in [0.717, 1.165) is 19.5 Å². The molecule has 96 valence electrons. The highest BCUT2D eigenvalue weighted by atomic mass is 32.1. The van der Waals surface area contributed by atoms with Crippen molar-refractivity contribution in [3.05, 3.63) is 52.0 Å². The van der Waals surface area contributed by atoms with Crippen LogP contribution >= 0.6 is 11.3 Å². The molecule has 0 aliphatic rings. The van der Waals surface area contributed by atoms with Crippen LogP contribution in [0.4, 0.5) is 0 Å². The molecule has 0 saturated heterocycles. The fourth-order valence-corrected chi connectivity index (χ4v) is 2.81. The van der Waals surface area contributed by atoms with E-state index in [-0.39, 0.29) is 0 Å². The predicted molar refractivity (Wildman–Crippen MR) is 78.3 cm³/mol. The summed E-state index contributed by atoms with van der Waals surface area (Å²) >= 11 is 1.74. The zero-order chi connectivity index (χ0) is 12.8. The van der Waals surface area contributed by atoms with Crippen molar-refractivity contribution >= 4 is 11.3 Å². The highest BCUT2D eigenvalue weighted by Gasteiger charge is 2.13. The summed E-state index contributed by atoms with van der Waals surface area (Å²) in [6, 6.07) is 8.83. The van der Waals surface area contributed by atoms with Gasteiger partial charge in [-0.05, 0) is 25.5 Å². The van der Waals surface area contributed by atoms with Gasteiger partial charge < -0.3 is 5.32 Å². The van der Waals surface area contributed by atoms with Gasteiger partial charge in [-0.25, -0.2) is 0 Å². The van der Waals surface area contributed by atoms with E-state index < -0.39 is 0 Å². The van der Waals surface area contributed by atoms with E-state index in [4.69, 9.17) is 0 Å². The molecule has 1 heterocycles. The number of nitrogens with zero attached hydrogens (tertiary/aromatic N) is 1. The lowest BCUT2D eigenvalue weighted by Gasteiger charge is -2.17. The van der Waals surface area contributed by atoms with Gasteiger partial charge in [0.25, 0.3) is 0 Å². The van der Waals surface area contributed by atoms with Crippen LogP contribution in [0.15, 0.2) is 36.0 Å². The third kappa shape index (κ3) is 3.65.